The van der Waals surface area contributed by atoms with Gasteiger partial charge in [0.1, 0.15) is 12.6 Å². The van der Waals surface area contributed by atoms with Gasteiger partial charge in [-0.3, -0.25) is 9.78 Å². The van der Waals surface area contributed by atoms with E-state index < -0.39 is 30.7 Å². The summed E-state index contributed by atoms with van der Waals surface area (Å²) in [5.74, 6) is -0.471. The van der Waals surface area contributed by atoms with Crippen LogP contribution in [0, 0.1) is 0 Å². The maximum Gasteiger partial charge on any atom is 0.407 e. The lowest BCUT2D eigenvalue weighted by molar-refractivity contribution is -0.123. The molecule has 1 unspecified atom stereocenters. The van der Waals surface area contributed by atoms with Gasteiger partial charge in [0.25, 0.3) is 0 Å². The van der Waals surface area contributed by atoms with Crippen LogP contribution in [0.25, 0.3) is 0 Å². The molecule has 2 aromatic rings. The Balaban J connectivity index is 1.84. The van der Waals surface area contributed by atoms with Crippen LogP contribution in [0.15, 0.2) is 42.0 Å². The molecule has 0 saturated heterocycles. The fraction of sp³-hybridized carbons (Fsp3) is 0.478. The molecule has 0 aliphatic heterocycles. The third kappa shape index (κ3) is 8.99. The molecule has 34 heavy (non-hydrogen) atoms. The van der Waals surface area contributed by atoms with E-state index in [9.17, 15) is 19.5 Å². The van der Waals surface area contributed by atoms with E-state index in [4.69, 9.17) is 4.74 Å². The number of benzene rings is 1. The molecule has 4 N–H and O–H groups in total. The molecule has 0 bridgehead atoms. The second-order valence-corrected chi connectivity index (χ2v) is 8.94. The minimum absolute atomic E-state index is 0.0431. The number of aliphatic hydroxyl groups excluding tert-OH is 1. The maximum absolute atomic E-state index is 12.4. The first-order valence-corrected chi connectivity index (χ1v) is 12.0. The van der Waals surface area contributed by atoms with Gasteiger partial charge in [0.15, 0.2) is 0 Å². The Morgan fingerprint density at radius 3 is 2.53 bits per heavy atom. The van der Waals surface area contributed by atoms with E-state index in [1.807, 2.05) is 44.2 Å². The molecule has 4 amide bonds. The normalized spacial score (nSPS) is 12.5. The Labute approximate surface area is 203 Å². The first-order valence-electron chi connectivity index (χ1n) is 11.1. The Morgan fingerprint density at radius 1 is 1.18 bits per heavy atom. The highest BCUT2D eigenvalue weighted by Gasteiger charge is 2.22. The van der Waals surface area contributed by atoms with Crippen molar-refractivity contribution in [2.75, 3.05) is 20.2 Å². The summed E-state index contributed by atoms with van der Waals surface area (Å²) in [4.78, 5) is 43.1. The third-order valence-corrected chi connectivity index (χ3v) is 5.94. The lowest BCUT2D eigenvalue weighted by Gasteiger charge is -2.25. The molecule has 2 rings (SSSR count). The number of amides is 4. The molecular formula is C23H33N5O5S. The van der Waals surface area contributed by atoms with E-state index in [1.54, 1.807) is 18.8 Å². The van der Waals surface area contributed by atoms with Crippen molar-refractivity contribution < 1.29 is 24.2 Å². The summed E-state index contributed by atoms with van der Waals surface area (Å²) in [6, 6.07) is 7.66. The number of rotatable bonds is 12. The van der Waals surface area contributed by atoms with Crippen LogP contribution >= 0.6 is 11.3 Å². The predicted octanol–water partition coefficient (Wildman–Crippen LogP) is 2.42. The number of urea groups is 1. The molecule has 186 valence electrons. The average Bonchev–Trinajstić information content (AvgIpc) is 3.36. The second kappa shape index (κ2) is 14.2. The number of hydrogen-bond donors (Lipinski definition) is 4. The quantitative estimate of drug-likeness (QED) is 0.337. The molecule has 0 aliphatic carbocycles. The monoisotopic (exact) mass is 491 g/mol. The van der Waals surface area contributed by atoms with Crippen LogP contribution < -0.4 is 16.0 Å². The molecule has 1 heterocycles. The maximum atomic E-state index is 12.4. The molecule has 0 fully saturated rings. The Bertz CT molecular complexity index is 894. The van der Waals surface area contributed by atoms with Crippen LogP contribution in [-0.2, 0) is 16.1 Å². The van der Waals surface area contributed by atoms with Crippen molar-refractivity contribution in [2.45, 2.75) is 51.4 Å². The summed E-state index contributed by atoms with van der Waals surface area (Å²) in [5.41, 5.74) is 2.59. The molecule has 0 saturated carbocycles. The van der Waals surface area contributed by atoms with E-state index in [0.29, 0.717) is 19.4 Å². The standard InChI is InChI=1S/C23H33N5O5S/c1-16(2)28(3)22(31)26-20(13-29)21(30)25-11-7-10-19(17-8-5-4-6-9-17)27-23(32)33-14-18-12-24-15-34-18/h4-6,8-9,12,15-16,19-20,29H,7,10-11,13-14H2,1-3H3,(H,25,30)(H,26,31)(H,27,32)/t19?,20-/m0/s1. The minimum Gasteiger partial charge on any atom is -0.444 e. The number of ether oxygens (including phenoxy) is 1. The third-order valence-electron chi connectivity index (χ3n) is 5.18. The number of nitrogens with one attached hydrogen (secondary N) is 3. The molecule has 0 spiro atoms. The van der Waals surface area contributed by atoms with Crippen LogP contribution in [0.3, 0.4) is 0 Å². The fourth-order valence-corrected chi connectivity index (χ4v) is 3.47. The fourth-order valence-electron chi connectivity index (χ4n) is 2.96. The van der Waals surface area contributed by atoms with Gasteiger partial charge in [0, 0.05) is 25.8 Å². The second-order valence-electron chi connectivity index (χ2n) is 7.97. The zero-order valence-corrected chi connectivity index (χ0v) is 20.5. The lowest BCUT2D eigenvalue weighted by atomic mass is 10.0. The first-order chi connectivity index (χ1) is 16.3. The van der Waals surface area contributed by atoms with Gasteiger partial charge in [-0.1, -0.05) is 30.3 Å². The number of hydrogen-bond acceptors (Lipinski definition) is 7. The van der Waals surface area contributed by atoms with Gasteiger partial charge in [-0.15, -0.1) is 11.3 Å². The Hall–Kier alpha value is -3.18. The summed E-state index contributed by atoms with van der Waals surface area (Å²) < 4.78 is 5.28. The van der Waals surface area contributed by atoms with E-state index in [-0.39, 0.29) is 18.7 Å². The number of nitrogens with zero attached hydrogens (tertiary/aromatic N) is 2. The zero-order valence-electron chi connectivity index (χ0n) is 19.7. The number of carbonyl (C=O) groups is 3. The zero-order chi connectivity index (χ0) is 24.9. The topological polar surface area (TPSA) is 133 Å². The molecule has 1 aromatic heterocycles. The summed E-state index contributed by atoms with van der Waals surface area (Å²) in [5, 5.41) is 17.6. The highest BCUT2D eigenvalue weighted by molar-refractivity contribution is 7.09. The van der Waals surface area contributed by atoms with Crippen molar-refractivity contribution in [3.63, 3.8) is 0 Å². The van der Waals surface area contributed by atoms with E-state index in [2.05, 4.69) is 20.9 Å². The minimum atomic E-state index is -1.04. The smallest absolute Gasteiger partial charge is 0.407 e. The van der Waals surface area contributed by atoms with Crippen LogP contribution in [0.2, 0.25) is 0 Å². The van der Waals surface area contributed by atoms with Gasteiger partial charge >= 0.3 is 12.1 Å². The van der Waals surface area contributed by atoms with Crippen molar-refractivity contribution >= 4 is 29.4 Å². The van der Waals surface area contributed by atoms with Crippen molar-refractivity contribution in [1.29, 1.82) is 0 Å². The molecule has 0 radical (unpaired) electrons. The SMILES string of the molecule is CC(C)N(C)C(=O)N[C@@H](CO)C(=O)NCCCC(NC(=O)OCc1cncs1)c1ccccc1. The summed E-state index contributed by atoms with van der Waals surface area (Å²) in [6.45, 7) is 3.64. The Morgan fingerprint density at radius 2 is 1.91 bits per heavy atom. The molecule has 11 heteroatoms. The largest absolute Gasteiger partial charge is 0.444 e. The molecular weight excluding hydrogens is 458 g/mol. The average molecular weight is 492 g/mol. The summed E-state index contributed by atoms with van der Waals surface area (Å²) in [6.07, 6.45) is 2.21. The Kier molecular flexibility index (Phi) is 11.3. The highest BCUT2D eigenvalue weighted by Crippen LogP contribution is 2.18. The molecule has 10 nitrogen and oxygen atoms in total. The van der Waals surface area contributed by atoms with E-state index in [1.165, 1.54) is 16.2 Å². The summed E-state index contributed by atoms with van der Waals surface area (Å²) >= 11 is 1.41. The van der Waals surface area contributed by atoms with Gasteiger partial charge < -0.3 is 30.7 Å². The molecule has 0 aliphatic rings. The van der Waals surface area contributed by atoms with Crippen LogP contribution in [0.1, 0.15) is 43.2 Å². The number of aromatic nitrogens is 1. The van der Waals surface area contributed by atoms with Crippen LogP contribution in [-0.4, -0.2) is 65.3 Å². The van der Waals surface area contributed by atoms with Gasteiger partial charge in [0.2, 0.25) is 5.91 Å². The molecule has 1 aromatic carbocycles. The van der Waals surface area contributed by atoms with Crippen LogP contribution in [0.4, 0.5) is 9.59 Å². The number of aliphatic hydroxyl groups is 1. The van der Waals surface area contributed by atoms with Gasteiger partial charge in [-0.2, -0.15) is 0 Å². The summed E-state index contributed by atoms with van der Waals surface area (Å²) in [7, 11) is 1.62. The number of alkyl carbamates (subject to hydrolysis) is 1. The van der Waals surface area contributed by atoms with Crippen molar-refractivity contribution in [3.05, 3.63) is 52.5 Å². The predicted molar refractivity (Wildman–Crippen MR) is 129 cm³/mol. The van der Waals surface area contributed by atoms with Gasteiger partial charge in [0.05, 0.1) is 23.0 Å². The highest BCUT2D eigenvalue weighted by atomic mass is 32.1. The van der Waals surface area contributed by atoms with E-state index >= 15 is 0 Å². The van der Waals surface area contributed by atoms with Crippen molar-refractivity contribution in [1.82, 2.24) is 25.8 Å². The van der Waals surface area contributed by atoms with Crippen molar-refractivity contribution in [2.24, 2.45) is 0 Å². The number of carbonyl (C=O) groups excluding carboxylic acids is 3. The van der Waals surface area contributed by atoms with Crippen LogP contribution in [0.5, 0.6) is 0 Å². The lowest BCUT2D eigenvalue weighted by Crippen LogP contribution is -2.53. The van der Waals surface area contributed by atoms with Gasteiger partial charge in [-0.25, -0.2) is 9.59 Å². The number of thiazole rings is 1. The van der Waals surface area contributed by atoms with E-state index in [0.717, 1.165) is 10.4 Å². The molecule has 2 atom stereocenters. The van der Waals surface area contributed by atoms with Crippen molar-refractivity contribution in [3.8, 4) is 0 Å². The first kappa shape index (κ1) is 27.1. The van der Waals surface area contributed by atoms with Gasteiger partial charge in [-0.05, 0) is 32.3 Å².